The first-order valence-corrected chi connectivity index (χ1v) is 6.50. The SMILES string of the molecule is O=C1c2cc(C(O)O)ccc2-n2c1nc1ccncc1c2=O. The molecule has 7 heteroatoms. The lowest BCUT2D eigenvalue weighted by Crippen LogP contribution is -2.21. The second-order valence-electron chi connectivity index (χ2n) is 4.95. The van der Waals surface area contributed by atoms with Crippen molar-refractivity contribution in [3.8, 4) is 5.69 Å². The lowest BCUT2D eigenvalue weighted by atomic mass is 10.1. The van der Waals surface area contributed by atoms with E-state index in [9.17, 15) is 19.8 Å². The van der Waals surface area contributed by atoms with E-state index in [0.717, 1.165) is 0 Å². The molecule has 0 aliphatic carbocycles. The number of hydrogen-bond donors (Lipinski definition) is 2. The van der Waals surface area contributed by atoms with Gasteiger partial charge in [0.1, 0.15) is 0 Å². The summed E-state index contributed by atoms with van der Waals surface area (Å²) >= 11 is 0. The van der Waals surface area contributed by atoms with Crippen molar-refractivity contribution < 1.29 is 15.0 Å². The van der Waals surface area contributed by atoms with Gasteiger partial charge in [-0.1, -0.05) is 6.07 Å². The van der Waals surface area contributed by atoms with Crippen molar-refractivity contribution in [1.82, 2.24) is 14.5 Å². The van der Waals surface area contributed by atoms with Gasteiger partial charge in [-0.25, -0.2) is 4.98 Å². The molecule has 0 fully saturated rings. The molecular formula is C15H9N3O4. The van der Waals surface area contributed by atoms with Crippen LogP contribution in [0.4, 0.5) is 0 Å². The van der Waals surface area contributed by atoms with E-state index in [1.54, 1.807) is 6.07 Å². The zero-order valence-electron chi connectivity index (χ0n) is 11.1. The van der Waals surface area contributed by atoms with Crippen LogP contribution in [0, 0.1) is 0 Å². The second kappa shape index (κ2) is 4.30. The lowest BCUT2D eigenvalue weighted by molar-refractivity contribution is -0.0424. The van der Waals surface area contributed by atoms with Gasteiger partial charge in [0.25, 0.3) is 5.56 Å². The standard InChI is InChI=1S/C15H9N3O4/c19-12-8-5-7(15(21)22)1-2-11(8)18-13(12)17-10-3-4-16-6-9(10)14(18)20/h1-6,15,21-22H. The number of aliphatic hydroxyl groups is 2. The van der Waals surface area contributed by atoms with Crippen LogP contribution in [0.25, 0.3) is 16.6 Å². The first-order valence-electron chi connectivity index (χ1n) is 6.50. The molecule has 1 aliphatic rings. The number of rotatable bonds is 1. The fraction of sp³-hybridized carbons (Fsp3) is 0.0667. The average Bonchev–Trinajstić information content (AvgIpc) is 2.80. The summed E-state index contributed by atoms with van der Waals surface area (Å²) < 4.78 is 1.23. The van der Waals surface area contributed by atoms with Crippen LogP contribution in [0.1, 0.15) is 28.0 Å². The highest BCUT2D eigenvalue weighted by Gasteiger charge is 2.30. The predicted octanol–water partition coefficient (Wildman–Crippen LogP) is 0.308. The van der Waals surface area contributed by atoms with Crippen molar-refractivity contribution in [3.63, 3.8) is 0 Å². The summed E-state index contributed by atoms with van der Waals surface area (Å²) in [7, 11) is 0. The van der Waals surface area contributed by atoms with Crippen LogP contribution < -0.4 is 5.56 Å². The van der Waals surface area contributed by atoms with E-state index in [4.69, 9.17) is 0 Å². The molecule has 0 unspecified atom stereocenters. The van der Waals surface area contributed by atoms with Gasteiger partial charge in [-0.15, -0.1) is 0 Å². The smallest absolute Gasteiger partial charge is 0.267 e. The third-order valence-electron chi connectivity index (χ3n) is 3.68. The lowest BCUT2D eigenvalue weighted by Gasteiger charge is -2.07. The molecule has 7 nitrogen and oxygen atoms in total. The largest absolute Gasteiger partial charge is 0.364 e. The van der Waals surface area contributed by atoms with Gasteiger partial charge in [-0.2, -0.15) is 0 Å². The molecule has 1 aromatic carbocycles. The highest BCUT2D eigenvalue weighted by molar-refractivity contribution is 6.13. The Morgan fingerprint density at radius 1 is 1.14 bits per heavy atom. The molecule has 0 saturated carbocycles. The molecule has 0 spiro atoms. The fourth-order valence-corrected chi connectivity index (χ4v) is 2.62. The van der Waals surface area contributed by atoms with Gasteiger partial charge in [0.15, 0.2) is 12.1 Å². The molecule has 3 aromatic rings. The molecule has 0 atom stereocenters. The quantitative estimate of drug-likeness (QED) is 0.490. The molecule has 22 heavy (non-hydrogen) atoms. The molecule has 0 amide bonds. The van der Waals surface area contributed by atoms with Crippen molar-refractivity contribution in [1.29, 1.82) is 0 Å². The minimum atomic E-state index is -1.69. The Bertz CT molecular complexity index is 1010. The molecule has 2 aromatic heterocycles. The van der Waals surface area contributed by atoms with Crippen LogP contribution in [0.3, 0.4) is 0 Å². The highest BCUT2D eigenvalue weighted by Crippen LogP contribution is 2.28. The van der Waals surface area contributed by atoms with Gasteiger partial charge >= 0.3 is 0 Å². The number of aliphatic hydroxyl groups excluding tert-OH is 1. The van der Waals surface area contributed by atoms with Crippen LogP contribution in [0.2, 0.25) is 0 Å². The van der Waals surface area contributed by atoms with Crippen LogP contribution in [-0.4, -0.2) is 30.5 Å². The Morgan fingerprint density at radius 2 is 1.95 bits per heavy atom. The van der Waals surface area contributed by atoms with E-state index < -0.39 is 12.1 Å². The van der Waals surface area contributed by atoms with E-state index in [0.29, 0.717) is 16.6 Å². The Labute approximate surface area is 123 Å². The van der Waals surface area contributed by atoms with E-state index >= 15 is 0 Å². The molecule has 0 saturated heterocycles. The van der Waals surface area contributed by atoms with Crippen LogP contribution in [0.5, 0.6) is 0 Å². The van der Waals surface area contributed by atoms with E-state index in [-0.39, 0.29) is 22.5 Å². The molecule has 4 rings (SSSR count). The number of pyridine rings is 1. The summed E-state index contributed by atoms with van der Waals surface area (Å²) in [5.41, 5.74) is 0.803. The molecule has 3 heterocycles. The number of carbonyl (C=O) groups is 1. The number of hydrogen-bond acceptors (Lipinski definition) is 6. The fourth-order valence-electron chi connectivity index (χ4n) is 2.62. The third kappa shape index (κ3) is 1.57. The Kier molecular flexibility index (Phi) is 2.50. The Morgan fingerprint density at radius 3 is 2.73 bits per heavy atom. The summed E-state index contributed by atoms with van der Waals surface area (Å²) in [6.45, 7) is 0. The minimum Gasteiger partial charge on any atom is -0.364 e. The molecular weight excluding hydrogens is 286 g/mol. The second-order valence-corrected chi connectivity index (χ2v) is 4.95. The zero-order chi connectivity index (χ0) is 15.4. The van der Waals surface area contributed by atoms with E-state index in [1.165, 1.54) is 35.2 Å². The van der Waals surface area contributed by atoms with Crippen LogP contribution in [-0.2, 0) is 0 Å². The van der Waals surface area contributed by atoms with Gasteiger partial charge in [0, 0.05) is 18.0 Å². The number of carbonyl (C=O) groups excluding carboxylic acids is 1. The number of ketones is 1. The summed E-state index contributed by atoms with van der Waals surface area (Å²) in [5, 5.41) is 18.8. The van der Waals surface area contributed by atoms with Gasteiger partial charge in [-0.3, -0.25) is 19.1 Å². The topological polar surface area (TPSA) is 105 Å². The van der Waals surface area contributed by atoms with E-state index in [1.807, 2.05) is 0 Å². The van der Waals surface area contributed by atoms with Gasteiger partial charge in [0.05, 0.1) is 22.2 Å². The summed E-state index contributed by atoms with van der Waals surface area (Å²) in [6, 6.07) is 5.88. The number of fused-ring (bicyclic) bond motifs is 4. The minimum absolute atomic E-state index is 0.0169. The van der Waals surface area contributed by atoms with Crippen LogP contribution >= 0.6 is 0 Å². The monoisotopic (exact) mass is 295 g/mol. The van der Waals surface area contributed by atoms with Crippen molar-refractivity contribution in [2.45, 2.75) is 6.29 Å². The average molecular weight is 295 g/mol. The number of benzene rings is 1. The van der Waals surface area contributed by atoms with E-state index in [2.05, 4.69) is 9.97 Å². The molecule has 108 valence electrons. The molecule has 2 N–H and O–H groups in total. The maximum atomic E-state index is 12.6. The van der Waals surface area contributed by atoms with Crippen molar-refractivity contribution >= 4 is 16.7 Å². The number of nitrogens with zero attached hydrogens (tertiary/aromatic N) is 3. The van der Waals surface area contributed by atoms with Gasteiger partial charge < -0.3 is 10.2 Å². The normalized spacial score (nSPS) is 12.8. The van der Waals surface area contributed by atoms with Crippen molar-refractivity contribution in [2.75, 3.05) is 0 Å². The third-order valence-corrected chi connectivity index (χ3v) is 3.68. The van der Waals surface area contributed by atoms with Gasteiger partial charge in [0.2, 0.25) is 5.78 Å². The summed E-state index contributed by atoms with van der Waals surface area (Å²) in [6.07, 6.45) is 1.22. The summed E-state index contributed by atoms with van der Waals surface area (Å²) in [4.78, 5) is 33.2. The highest BCUT2D eigenvalue weighted by atomic mass is 16.5. The maximum Gasteiger partial charge on any atom is 0.267 e. The summed E-state index contributed by atoms with van der Waals surface area (Å²) in [5.74, 6) is -0.406. The molecule has 0 radical (unpaired) electrons. The van der Waals surface area contributed by atoms with Gasteiger partial charge in [-0.05, 0) is 18.2 Å². The molecule has 0 bridgehead atoms. The van der Waals surface area contributed by atoms with Crippen LogP contribution in [0.15, 0.2) is 41.5 Å². The zero-order valence-corrected chi connectivity index (χ0v) is 11.1. The maximum absolute atomic E-state index is 12.6. The predicted molar refractivity (Wildman–Crippen MR) is 75.7 cm³/mol. The number of aromatic nitrogens is 3. The molecule has 1 aliphatic heterocycles. The Hall–Kier alpha value is -2.90. The van der Waals surface area contributed by atoms with Crippen molar-refractivity contribution in [3.05, 3.63) is 64.0 Å². The van der Waals surface area contributed by atoms with Crippen molar-refractivity contribution in [2.24, 2.45) is 0 Å². The Balaban J connectivity index is 2.08. The first-order chi connectivity index (χ1) is 10.6. The first kappa shape index (κ1) is 12.8.